The van der Waals surface area contributed by atoms with Gasteiger partial charge in [-0.2, -0.15) is 5.10 Å². The minimum Gasteiger partial charge on any atom is -0.497 e. The van der Waals surface area contributed by atoms with Gasteiger partial charge in [0.25, 0.3) is 11.6 Å². The molecular formula is C17H18N4O4. The summed E-state index contributed by atoms with van der Waals surface area (Å²) in [4.78, 5) is 22.4. The zero-order valence-corrected chi connectivity index (χ0v) is 13.9. The van der Waals surface area contributed by atoms with Crippen LogP contribution in [-0.2, 0) is 4.79 Å². The van der Waals surface area contributed by atoms with Crippen LogP contribution in [-0.4, -0.2) is 30.2 Å². The summed E-state index contributed by atoms with van der Waals surface area (Å²) in [6, 6.07) is 13.3. The van der Waals surface area contributed by atoms with E-state index in [0.717, 1.165) is 11.4 Å². The number of hydrazone groups is 1. The monoisotopic (exact) mass is 342 g/mol. The van der Waals surface area contributed by atoms with Crippen LogP contribution in [0.15, 0.2) is 53.6 Å². The molecule has 8 nitrogen and oxygen atoms in total. The lowest BCUT2D eigenvalue weighted by atomic mass is 10.1. The van der Waals surface area contributed by atoms with E-state index in [1.54, 1.807) is 56.5 Å². The highest BCUT2D eigenvalue weighted by atomic mass is 16.6. The molecule has 2 rings (SSSR count). The molecule has 2 aromatic rings. The molecule has 0 unspecified atom stereocenters. The van der Waals surface area contributed by atoms with E-state index in [-0.39, 0.29) is 18.1 Å². The normalized spacial score (nSPS) is 10.9. The molecule has 0 spiro atoms. The van der Waals surface area contributed by atoms with E-state index in [9.17, 15) is 14.9 Å². The first-order valence-corrected chi connectivity index (χ1v) is 7.46. The van der Waals surface area contributed by atoms with Crippen molar-refractivity contribution in [2.75, 3.05) is 19.0 Å². The van der Waals surface area contributed by atoms with Crippen LogP contribution in [0.3, 0.4) is 0 Å². The second-order valence-electron chi connectivity index (χ2n) is 5.09. The van der Waals surface area contributed by atoms with Crippen LogP contribution < -0.4 is 15.5 Å². The number of anilines is 1. The molecule has 0 fully saturated rings. The Morgan fingerprint density at radius 1 is 1.20 bits per heavy atom. The Balaban J connectivity index is 1.94. The average Bonchev–Trinajstić information content (AvgIpc) is 2.64. The third kappa shape index (κ3) is 5.03. The van der Waals surface area contributed by atoms with E-state index in [2.05, 4.69) is 15.8 Å². The second-order valence-corrected chi connectivity index (χ2v) is 5.09. The Morgan fingerprint density at radius 2 is 1.88 bits per heavy atom. The molecule has 2 aromatic carbocycles. The smallest absolute Gasteiger partial charge is 0.278 e. The number of nitro benzene ring substituents is 1. The molecule has 0 aliphatic carbocycles. The van der Waals surface area contributed by atoms with E-state index >= 15 is 0 Å². The van der Waals surface area contributed by atoms with Gasteiger partial charge >= 0.3 is 0 Å². The zero-order chi connectivity index (χ0) is 18.2. The predicted octanol–water partition coefficient (Wildman–Crippen LogP) is 2.56. The van der Waals surface area contributed by atoms with Crippen molar-refractivity contribution < 1.29 is 14.5 Å². The quantitative estimate of drug-likeness (QED) is 0.457. The van der Waals surface area contributed by atoms with Crippen LogP contribution in [0.25, 0.3) is 0 Å². The number of nitro groups is 1. The topological polar surface area (TPSA) is 106 Å². The maximum Gasteiger partial charge on any atom is 0.278 e. The molecule has 130 valence electrons. The average molecular weight is 342 g/mol. The number of nitrogens with zero attached hydrogens (tertiary/aromatic N) is 2. The van der Waals surface area contributed by atoms with Crippen LogP contribution in [0.2, 0.25) is 0 Å². The molecule has 8 heteroatoms. The molecule has 0 atom stereocenters. The van der Waals surface area contributed by atoms with Crippen molar-refractivity contribution in [3.8, 4) is 5.75 Å². The van der Waals surface area contributed by atoms with E-state index in [1.165, 1.54) is 6.07 Å². The SMILES string of the molecule is COc1ccc(NCC(=O)N/N=C(/C)c2ccccc2[N+](=O)[O-])cc1. The Bertz CT molecular complexity index is 787. The minimum absolute atomic E-state index is 0.0139. The molecule has 25 heavy (non-hydrogen) atoms. The third-order valence-electron chi connectivity index (χ3n) is 3.38. The number of ether oxygens (including phenoxy) is 1. The van der Waals surface area contributed by atoms with Crippen LogP contribution in [0.1, 0.15) is 12.5 Å². The Morgan fingerprint density at radius 3 is 2.52 bits per heavy atom. The first-order valence-electron chi connectivity index (χ1n) is 7.46. The highest BCUT2D eigenvalue weighted by molar-refractivity contribution is 6.02. The van der Waals surface area contributed by atoms with Gasteiger partial charge in [0.05, 0.1) is 29.9 Å². The first-order chi connectivity index (χ1) is 12.0. The predicted molar refractivity (Wildman–Crippen MR) is 94.9 cm³/mol. The maximum atomic E-state index is 11.9. The lowest BCUT2D eigenvalue weighted by molar-refractivity contribution is -0.385. The van der Waals surface area contributed by atoms with Gasteiger partial charge in [0.1, 0.15) is 5.75 Å². The molecule has 0 radical (unpaired) electrons. The van der Waals surface area contributed by atoms with Crippen molar-refractivity contribution in [2.45, 2.75) is 6.92 Å². The van der Waals surface area contributed by atoms with Crippen LogP contribution in [0.5, 0.6) is 5.75 Å². The maximum absolute atomic E-state index is 11.9. The number of hydrogen-bond acceptors (Lipinski definition) is 6. The summed E-state index contributed by atoms with van der Waals surface area (Å²) in [7, 11) is 1.58. The minimum atomic E-state index is -0.485. The van der Waals surface area contributed by atoms with E-state index in [0.29, 0.717) is 11.3 Å². The molecule has 0 heterocycles. The van der Waals surface area contributed by atoms with E-state index in [1.807, 2.05) is 0 Å². The van der Waals surface area contributed by atoms with Gasteiger partial charge in [-0.25, -0.2) is 5.43 Å². The fourth-order valence-electron chi connectivity index (χ4n) is 2.08. The highest BCUT2D eigenvalue weighted by Gasteiger charge is 2.14. The Hall–Kier alpha value is -3.42. The van der Waals surface area contributed by atoms with Gasteiger partial charge in [-0.3, -0.25) is 14.9 Å². The van der Waals surface area contributed by atoms with Crippen LogP contribution in [0, 0.1) is 10.1 Å². The van der Waals surface area contributed by atoms with E-state index < -0.39 is 4.92 Å². The Kier molecular flexibility index (Phi) is 6.05. The number of carbonyl (C=O) groups is 1. The number of para-hydroxylation sites is 1. The van der Waals surface area contributed by atoms with Gasteiger partial charge in [0.2, 0.25) is 0 Å². The second kappa shape index (κ2) is 8.44. The van der Waals surface area contributed by atoms with Crippen molar-refractivity contribution in [3.05, 3.63) is 64.2 Å². The van der Waals surface area contributed by atoms with Gasteiger partial charge in [0, 0.05) is 11.8 Å². The molecule has 0 saturated heterocycles. The number of hydrogen-bond donors (Lipinski definition) is 2. The van der Waals surface area contributed by atoms with Gasteiger partial charge in [-0.05, 0) is 37.3 Å². The summed E-state index contributed by atoms with van der Waals surface area (Å²) in [6.45, 7) is 1.61. The molecule has 0 aliphatic rings. The van der Waals surface area contributed by atoms with Crippen molar-refractivity contribution in [2.24, 2.45) is 5.10 Å². The fraction of sp³-hybridized carbons (Fsp3) is 0.176. The highest BCUT2D eigenvalue weighted by Crippen LogP contribution is 2.18. The van der Waals surface area contributed by atoms with Gasteiger partial charge < -0.3 is 10.1 Å². The first kappa shape index (κ1) is 17.9. The number of rotatable bonds is 7. The third-order valence-corrected chi connectivity index (χ3v) is 3.38. The van der Waals surface area contributed by atoms with Crippen molar-refractivity contribution in [1.82, 2.24) is 5.43 Å². The molecule has 0 saturated carbocycles. The Labute approximate surface area is 144 Å². The largest absolute Gasteiger partial charge is 0.497 e. The lowest BCUT2D eigenvalue weighted by Crippen LogP contribution is -2.26. The van der Waals surface area contributed by atoms with Gasteiger partial charge in [-0.15, -0.1) is 0 Å². The number of amides is 1. The number of carbonyl (C=O) groups excluding carboxylic acids is 1. The molecule has 1 amide bonds. The van der Waals surface area contributed by atoms with Crippen LogP contribution >= 0.6 is 0 Å². The van der Waals surface area contributed by atoms with Crippen molar-refractivity contribution in [1.29, 1.82) is 0 Å². The van der Waals surface area contributed by atoms with Gasteiger partial charge in [0.15, 0.2) is 0 Å². The number of nitrogens with one attached hydrogen (secondary N) is 2. The summed E-state index contributed by atoms with van der Waals surface area (Å²) in [5, 5.41) is 17.9. The number of benzene rings is 2. The summed E-state index contributed by atoms with van der Waals surface area (Å²) in [5.41, 5.74) is 3.79. The lowest BCUT2D eigenvalue weighted by Gasteiger charge is -2.07. The molecule has 0 bridgehead atoms. The number of methoxy groups -OCH3 is 1. The summed E-state index contributed by atoms with van der Waals surface area (Å²) in [6.07, 6.45) is 0. The fourth-order valence-corrected chi connectivity index (χ4v) is 2.08. The van der Waals surface area contributed by atoms with Crippen molar-refractivity contribution in [3.63, 3.8) is 0 Å². The van der Waals surface area contributed by atoms with Crippen LogP contribution in [0.4, 0.5) is 11.4 Å². The standard InChI is InChI=1S/C17H18N4O4/c1-12(15-5-3-4-6-16(15)21(23)24)19-20-17(22)11-18-13-7-9-14(25-2)10-8-13/h3-10,18H,11H2,1-2H3,(H,20,22)/b19-12-. The van der Waals surface area contributed by atoms with E-state index in [4.69, 9.17) is 4.74 Å². The molecule has 2 N–H and O–H groups in total. The van der Waals surface area contributed by atoms with Crippen molar-refractivity contribution >= 4 is 23.0 Å². The molecular weight excluding hydrogens is 324 g/mol. The zero-order valence-electron chi connectivity index (χ0n) is 13.9. The summed E-state index contributed by atoms with van der Waals surface area (Å²) >= 11 is 0. The summed E-state index contributed by atoms with van der Waals surface area (Å²) in [5.74, 6) is 0.355. The molecule has 0 aliphatic heterocycles. The summed E-state index contributed by atoms with van der Waals surface area (Å²) < 4.78 is 5.06. The molecule has 0 aromatic heterocycles. The van der Waals surface area contributed by atoms with Gasteiger partial charge in [-0.1, -0.05) is 12.1 Å².